The second kappa shape index (κ2) is 6.96. The van der Waals surface area contributed by atoms with Crippen LogP contribution in [-0.2, 0) is 28.1 Å². The molecule has 7 nitrogen and oxygen atoms in total. The summed E-state index contributed by atoms with van der Waals surface area (Å²) in [4.78, 5) is 23.0. The first-order valence-corrected chi connectivity index (χ1v) is 7.42. The Morgan fingerprint density at radius 2 is 2.12 bits per heavy atom. The highest BCUT2D eigenvalue weighted by atomic mass is 35.5. The van der Waals surface area contributed by atoms with Gasteiger partial charge in [-0.1, -0.05) is 22.9 Å². The number of aliphatic carboxylic acids is 1. The van der Waals surface area contributed by atoms with Gasteiger partial charge in [-0.25, -0.2) is 9.07 Å². The molecule has 0 atom stereocenters. The standard InChI is InChI=1S/C15H16ClFN4O3/c1-15(2,11-4-3-9(16)5-12(11)17)14(24)18-6-10-7-21(20-19-10)8-13(22)23/h3-5,7H,6,8H2,1-2H3,(H,18,24)(H,22,23). The number of carbonyl (C=O) groups excluding carboxylic acids is 1. The van der Waals surface area contributed by atoms with E-state index in [0.29, 0.717) is 5.69 Å². The Kier molecular flexibility index (Phi) is 5.18. The number of hydrogen-bond acceptors (Lipinski definition) is 4. The lowest BCUT2D eigenvalue weighted by atomic mass is 9.83. The van der Waals surface area contributed by atoms with Gasteiger partial charge in [-0.3, -0.25) is 9.59 Å². The number of halogens is 2. The van der Waals surface area contributed by atoms with Crippen molar-refractivity contribution in [3.63, 3.8) is 0 Å². The van der Waals surface area contributed by atoms with Crippen LogP contribution in [0.5, 0.6) is 0 Å². The molecule has 0 aliphatic rings. The van der Waals surface area contributed by atoms with Crippen molar-refractivity contribution in [2.45, 2.75) is 32.4 Å². The largest absolute Gasteiger partial charge is 0.480 e. The molecule has 24 heavy (non-hydrogen) atoms. The van der Waals surface area contributed by atoms with Crippen molar-refractivity contribution in [3.05, 3.63) is 46.5 Å². The van der Waals surface area contributed by atoms with Crippen LogP contribution in [0.2, 0.25) is 5.02 Å². The summed E-state index contributed by atoms with van der Waals surface area (Å²) in [5.41, 5.74) is -0.498. The van der Waals surface area contributed by atoms with Crippen LogP contribution >= 0.6 is 11.6 Å². The highest BCUT2D eigenvalue weighted by molar-refractivity contribution is 6.30. The van der Waals surface area contributed by atoms with Gasteiger partial charge in [0.15, 0.2) is 0 Å². The van der Waals surface area contributed by atoms with E-state index in [1.165, 1.54) is 18.3 Å². The number of carbonyl (C=O) groups is 2. The number of nitrogens with one attached hydrogen (secondary N) is 1. The van der Waals surface area contributed by atoms with E-state index in [4.69, 9.17) is 16.7 Å². The van der Waals surface area contributed by atoms with Gasteiger partial charge >= 0.3 is 5.97 Å². The summed E-state index contributed by atoms with van der Waals surface area (Å²) in [6.07, 6.45) is 1.42. The molecule has 0 radical (unpaired) electrons. The van der Waals surface area contributed by atoms with E-state index < -0.39 is 23.1 Å². The molecule has 1 aromatic heterocycles. The number of carboxylic acid groups (broad SMARTS) is 1. The van der Waals surface area contributed by atoms with Gasteiger partial charge in [0.2, 0.25) is 5.91 Å². The summed E-state index contributed by atoms with van der Waals surface area (Å²) in [6.45, 7) is 2.92. The zero-order chi connectivity index (χ0) is 17.9. The molecule has 128 valence electrons. The third-order valence-corrected chi connectivity index (χ3v) is 3.72. The molecular formula is C15H16ClFN4O3. The Morgan fingerprint density at radius 3 is 2.75 bits per heavy atom. The molecule has 0 spiro atoms. The Morgan fingerprint density at radius 1 is 1.42 bits per heavy atom. The number of rotatable bonds is 6. The maximum absolute atomic E-state index is 14.0. The summed E-state index contributed by atoms with van der Waals surface area (Å²) in [7, 11) is 0. The zero-order valence-electron chi connectivity index (χ0n) is 13.1. The number of carboxylic acids is 1. The molecule has 0 saturated carbocycles. The van der Waals surface area contributed by atoms with E-state index >= 15 is 0 Å². The van der Waals surface area contributed by atoms with Crippen LogP contribution in [0, 0.1) is 5.82 Å². The first kappa shape index (κ1) is 17.9. The van der Waals surface area contributed by atoms with E-state index in [-0.39, 0.29) is 23.7 Å². The van der Waals surface area contributed by atoms with Gasteiger partial charge < -0.3 is 10.4 Å². The smallest absolute Gasteiger partial charge is 0.325 e. The molecule has 0 aliphatic heterocycles. The number of benzene rings is 1. The number of nitrogens with zero attached hydrogens (tertiary/aromatic N) is 3. The molecule has 2 aromatic rings. The highest BCUT2D eigenvalue weighted by Crippen LogP contribution is 2.28. The lowest BCUT2D eigenvalue weighted by molar-refractivity contribution is -0.138. The van der Waals surface area contributed by atoms with Crippen LogP contribution in [0.1, 0.15) is 25.1 Å². The molecule has 1 amide bonds. The second-order valence-electron chi connectivity index (χ2n) is 5.73. The summed E-state index contributed by atoms with van der Waals surface area (Å²) in [5, 5.41) is 19.0. The molecule has 0 bridgehead atoms. The maximum Gasteiger partial charge on any atom is 0.325 e. The van der Waals surface area contributed by atoms with Crippen molar-refractivity contribution in [1.29, 1.82) is 0 Å². The van der Waals surface area contributed by atoms with Gasteiger partial charge in [-0.2, -0.15) is 0 Å². The third-order valence-electron chi connectivity index (χ3n) is 3.49. The minimum atomic E-state index is -1.12. The first-order valence-electron chi connectivity index (χ1n) is 7.05. The van der Waals surface area contributed by atoms with Gasteiger partial charge in [0.05, 0.1) is 18.2 Å². The van der Waals surface area contributed by atoms with Gasteiger partial charge in [0, 0.05) is 10.6 Å². The lowest BCUT2D eigenvalue weighted by Crippen LogP contribution is -2.40. The van der Waals surface area contributed by atoms with Crippen LogP contribution in [-0.4, -0.2) is 32.0 Å². The molecule has 0 aliphatic carbocycles. The summed E-state index contributed by atoms with van der Waals surface area (Å²) >= 11 is 5.73. The van der Waals surface area contributed by atoms with Gasteiger partial charge in [-0.05, 0) is 26.0 Å². The summed E-state index contributed by atoms with van der Waals surface area (Å²) in [6, 6.07) is 4.15. The second-order valence-corrected chi connectivity index (χ2v) is 6.17. The normalized spacial score (nSPS) is 11.3. The molecule has 0 fully saturated rings. The molecule has 9 heteroatoms. The molecule has 0 unspecified atom stereocenters. The third kappa shape index (κ3) is 4.08. The fourth-order valence-corrected chi connectivity index (χ4v) is 2.30. The fraction of sp³-hybridized carbons (Fsp3) is 0.333. The molecule has 1 aromatic carbocycles. The molecular weight excluding hydrogens is 339 g/mol. The Hall–Kier alpha value is -2.48. The van der Waals surface area contributed by atoms with E-state index in [1.807, 2.05) is 0 Å². The van der Waals surface area contributed by atoms with Crippen molar-refractivity contribution in [2.75, 3.05) is 0 Å². The first-order chi connectivity index (χ1) is 11.2. The van der Waals surface area contributed by atoms with E-state index in [1.54, 1.807) is 13.8 Å². The number of amides is 1. The van der Waals surface area contributed by atoms with Crippen molar-refractivity contribution >= 4 is 23.5 Å². The van der Waals surface area contributed by atoms with Crippen LogP contribution in [0.15, 0.2) is 24.4 Å². The minimum absolute atomic E-state index is 0.0527. The Bertz CT molecular complexity index is 776. The highest BCUT2D eigenvalue weighted by Gasteiger charge is 2.32. The zero-order valence-corrected chi connectivity index (χ0v) is 13.8. The van der Waals surface area contributed by atoms with Gasteiger partial charge in [0.1, 0.15) is 18.1 Å². The Balaban J connectivity index is 2.05. The van der Waals surface area contributed by atoms with E-state index in [0.717, 1.165) is 10.7 Å². The van der Waals surface area contributed by atoms with Gasteiger partial charge in [0.25, 0.3) is 0 Å². The number of aromatic nitrogens is 3. The predicted octanol–water partition coefficient (Wildman–Crippen LogP) is 1.75. The molecule has 2 rings (SSSR count). The van der Waals surface area contributed by atoms with Crippen LogP contribution < -0.4 is 5.32 Å². The van der Waals surface area contributed by atoms with Crippen molar-refractivity contribution < 1.29 is 19.1 Å². The number of hydrogen-bond donors (Lipinski definition) is 2. The van der Waals surface area contributed by atoms with Gasteiger partial charge in [-0.15, -0.1) is 5.10 Å². The molecule has 1 heterocycles. The minimum Gasteiger partial charge on any atom is -0.480 e. The Labute approximate surface area is 142 Å². The summed E-state index contributed by atoms with van der Waals surface area (Å²) in [5.74, 6) is -2.01. The lowest BCUT2D eigenvalue weighted by Gasteiger charge is -2.24. The maximum atomic E-state index is 14.0. The summed E-state index contributed by atoms with van der Waals surface area (Å²) < 4.78 is 15.2. The van der Waals surface area contributed by atoms with Crippen molar-refractivity contribution in [2.24, 2.45) is 0 Å². The van der Waals surface area contributed by atoms with E-state index in [9.17, 15) is 14.0 Å². The quantitative estimate of drug-likeness (QED) is 0.823. The SMILES string of the molecule is CC(C)(C(=O)NCc1cn(CC(=O)O)nn1)c1ccc(Cl)cc1F. The van der Waals surface area contributed by atoms with Crippen molar-refractivity contribution in [3.8, 4) is 0 Å². The topological polar surface area (TPSA) is 97.1 Å². The molecule has 0 saturated heterocycles. The van der Waals surface area contributed by atoms with Crippen molar-refractivity contribution in [1.82, 2.24) is 20.3 Å². The van der Waals surface area contributed by atoms with Crippen LogP contribution in [0.3, 0.4) is 0 Å². The average molecular weight is 355 g/mol. The molecule has 2 N–H and O–H groups in total. The van der Waals surface area contributed by atoms with E-state index in [2.05, 4.69) is 15.6 Å². The predicted molar refractivity (Wildman–Crippen MR) is 83.9 cm³/mol. The van der Waals surface area contributed by atoms with Crippen LogP contribution in [0.25, 0.3) is 0 Å². The van der Waals surface area contributed by atoms with Crippen LogP contribution in [0.4, 0.5) is 4.39 Å². The average Bonchev–Trinajstić information content (AvgIpc) is 2.90. The fourth-order valence-electron chi connectivity index (χ4n) is 2.15. The monoisotopic (exact) mass is 354 g/mol.